The van der Waals surface area contributed by atoms with E-state index in [1.54, 1.807) is 48.5 Å². The van der Waals surface area contributed by atoms with Gasteiger partial charge in [0.05, 0.1) is 5.56 Å². The third-order valence-electron chi connectivity index (χ3n) is 3.61. The molecule has 0 unspecified atom stereocenters. The molecular weight excluding hydrogens is 338 g/mol. The van der Waals surface area contributed by atoms with Crippen molar-refractivity contribution in [2.24, 2.45) is 0 Å². The van der Waals surface area contributed by atoms with Crippen LogP contribution in [0.3, 0.4) is 0 Å². The quantitative estimate of drug-likeness (QED) is 0.501. The summed E-state index contributed by atoms with van der Waals surface area (Å²) < 4.78 is 5.52. The molecule has 1 heterocycles. The number of rotatable bonds is 5. The number of ketones is 1. The van der Waals surface area contributed by atoms with Crippen LogP contribution in [0.1, 0.15) is 32.4 Å². The molecule has 25 heavy (non-hydrogen) atoms. The Bertz CT molecular complexity index is 864. The number of hydrogen-bond donors (Lipinski definition) is 0. The lowest BCUT2D eigenvalue weighted by molar-refractivity contribution is 0.0280. The number of carbonyl (C=O) groups is 2. The molecule has 1 aromatic heterocycles. The Labute approximate surface area is 150 Å². The third-order valence-corrected chi connectivity index (χ3v) is 3.86. The van der Waals surface area contributed by atoms with Crippen molar-refractivity contribution in [1.82, 2.24) is 4.98 Å². The first kappa shape index (κ1) is 16.9. The molecule has 124 valence electrons. The van der Waals surface area contributed by atoms with Crippen molar-refractivity contribution in [3.05, 3.63) is 101 Å². The van der Waals surface area contributed by atoms with Gasteiger partial charge in [-0.1, -0.05) is 54.1 Å². The fourth-order valence-corrected chi connectivity index (χ4v) is 2.45. The van der Waals surface area contributed by atoms with Gasteiger partial charge in [-0.05, 0) is 24.3 Å². The van der Waals surface area contributed by atoms with Gasteiger partial charge in [0.15, 0.2) is 6.10 Å². The molecule has 4 nitrogen and oxygen atoms in total. The maximum atomic E-state index is 12.9. The predicted octanol–water partition coefficient (Wildman–Crippen LogP) is 4.52. The Morgan fingerprint density at radius 1 is 0.840 bits per heavy atom. The van der Waals surface area contributed by atoms with E-state index in [2.05, 4.69) is 4.98 Å². The number of ether oxygens (including phenoxy) is 1. The number of Topliss-reactive ketones (excluding diaryl/α,β-unsaturated/α-hetero) is 1. The first-order chi connectivity index (χ1) is 12.1. The lowest BCUT2D eigenvalue weighted by atomic mass is 10.00. The Kier molecular flexibility index (Phi) is 5.21. The maximum Gasteiger partial charge on any atom is 0.339 e. The van der Waals surface area contributed by atoms with E-state index in [1.807, 2.05) is 6.07 Å². The van der Waals surface area contributed by atoms with Gasteiger partial charge in [-0.3, -0.25) is 9.78 Å². The molecule has 2 aromatic carbocycles. The minimum atomic E-state index is -1.06. The summed E-state index contributed by atoms with van der Waals surface area (Å²) in [6.45, 7) is 0. The summed E-state index contributed by atoms with van der Waals surface area (Å²) in [4.78, 5) is 29.1. The molecule has 0 amide bonds. The molecule has 0 aliphatic carbocycles. The summed E-state index contributed by atoms with van der Waals surface area (Å²) in [5.74, 6) is -0.892. The first-order valence-electron chi connectivity index (χ1n) is 7.61. The second-order valence-corrected chi connectivity index (χ2v) is 5.74. The molecule has 0 radical (unpaired) electrons. The van der Waals surface area contributed by atoms with Crippen LogP contribution in [0.4, 0.5) is 0 Å². The zero-order valence-electron chi connectivity index (χ0n) is 13.1. The van der Waals surface area contributed by atoms with Crippen molar-refractivity contribution < 1.29 is 14.3 Å². The Morgan fingerprint density at radius 2 is 1.48 bits per heavy atom. The molecule has 5 heteroatoms. The molecule has 0 aliphatic heterocycles. The maximum absolute atomic E-state index is 12.9. The van der Waals surface area contributed by atoms with Crippen molar-refractivity contribution >= 4 is 23.4 Å². The number of esters is 1. The highest BCUT2D eigenvalue weighted by molar-refractivity contribution is 6.30. The lowest BCUT2D eigenvalue weighted by Crippen LogP contribution is -2.20. The smallest absolute Gasteiger partial charge is 0.339 e. The van der Waals surface area contributed by atoms with Crippen LogP contribution in [0.2, 0.25) is 5.02 Å². The Hall–Kier alpha value is -2.98. The van der Waals surface area contributed by atoms with Crippen LogP contribution >= 0.6 is 11.6 Å². The van der Waals surface area contributed by atoms with Crippen LogP contribution in [0.5, 0.6) is 0 Å². The van der Waals surface area contributed by atoms with Gasteiger partial charge in [-0.25, -0.2) is 4.79 Å². The molecule has 0 saturated heterocycles. The average Bonchev–Trinajstić information content (AvgIpc) is 2.67. The van der Waals surface area contributed by atoms with Crippen molar-refractivity contribution in [3.63, 3.8) is 0 Å². The van der Waals surface area contributed by atoms with Crippen molar-refractivity contribution in [1.29, 1.82) is 0 Å². The normalized spacial score (nSPS) is 11.6. The van der Waals surface area contributed by atoms with E-state index in [0.717, 1.165) is 0 Å². The molecule has 0 fully saturated rings. The molecular formula is C20H14ClNO3. The van der Waals surface area contributed by atoms with Gasteiger partial charge < -0.3 is 4.74 Å². The van der Waals surface area contributed by atoms with E-state index < -0.39 is 12.1 Å². The van der Waals surface area contributed by atoms with Crippen LogP contribution in [0.15, 0.2) is 79.1 Å². The second-order valence-electron chi connectivity index (χ2n) is 5.30. The van der Waals surface area contributed by atoms with Gasteiger partial charge in [0.25, 0.3) is 0 Å². The number of pyridine rings is 1. The third kappa shape index (κ3) is 4.11. The van der Waals surface area contributed by atoms with Gasteiger partial charge in [0, 0.05) is 28.5 Å². The van der Waals surface area contributed by atoms with Gasteiger partial charge in [0.2, 0.25) is 5.78 Å². The van der Waals surface area contributed by atoms with Crippen molar-refractivity contribution in [3.8, 4) is 0 Å². The van der Waals surface area contributed by atoms with Gasteiger partial charge in [0.1, 0.15) is 0 Å². The van der Waals surface area contributed by atoms with E-state index in [4.69, 9.17) is 16.3 Å². The van der Waals surface area contributed by atoms with E-state index in [-0.39, 0.29) is 5.78 Å². The van der Waals surface area contributed by atoms with Crippen LogP contribution < -0.4 is 0 Å². The van der Waals surface area contributed by atoms with Crippen molar-refractivity contribution in [2.45, 2.75) is 6.10 Å². The number of halogens is 1. The summed E-state index contributed by atoms with van der Waals surface area (Å²) in [5, 5.41) is 0.537. The zero-order valence-corrected chi connectivity index (χ0v) is 13.9. The molecule has 0 spiro atoms. The van der Waals surface area contributed by atoms with Crippen LogP contribution in [-0.2, 0) is 4.74 Å². The number of nitrogens with zero attached hydrogens (tertiary/aromatic N) is 1. The summed E-state index contributed by atoms with van der Waals surface area (Å²) in [6.07, 6.45) is 1.93. The number of benzene rings is 2. The van der Waals surface area contributed by atoms with Crippen LogP contribution in [-0.4, -0.2) is 16.7 Å². The molecule has 0 aliphatic rings. The van der Waals surface area contributed by atoms with Gasteiger partial charge in [-0.2, -0.15) is 0 Å². The minimum Gasteiger partial charge on any atom is -0.445 e. The minimum absolute atomic E-state index is 0.301. The number of aromatic nitrogens is 1. The lowest BCUT2D eigenvalue weighted by Gasteiger charge is -2.17. The van der Waals surface area contributed by atoms with Gasteiger partial charge >= 0.3 is 5.97 Å². The second kappa shape index (κ2) is 7.73. The number of carbonyl (C=O) groups excluding carboxylic acids is 2. The summed E-state index contributed by atoms with van der Waals surface area (Å²) in [6, 6.07) is 18.4. The van der Waals surface area contributed by atoms with Gasteiger partial charge in [-0.15, -0.1) is 0 Å². The average molecular weight is 352 g/mol. The molecule has 0 bridgehead atoms. The summed E-state index contributed by atoms with van der Waals surface area (Å²) in [7, 11) is 0. The molecule has 0 N–H and O–H groups in total. The fraction of sp³-hybridized carbons (Fsp3) is 0.0500. The highest BCUT2D eigenvalue weighted by Crippen LogP contribution is 2.25. The van der Waals surface area contributed by atoms with Crippen LogP contribution in [0.25, 0.3) is 0 Å². The SMILES string of the molecule is O=C(O[C@@H](C(=O)c1ccccc1)c1ccc(Cl)cc1)c1ccncc1. The predicted molar refractivity (Wildman–Crippen MR) is 94.6 cm³/mol. The molecule has 3 aromatic rings. The summed E-state index contributed by atoms with van der Waals surface area (Å²) >= 11 is 5.91. The highest BCUT2D eigenvalue weighted by atomic mass is 35.5. The fourth-order valence-electron chi connectivity index (χ4n) is 2.33. The van der Waals surface area contributed by atoms with Crippen molar-refractivity contribution in [2.75, 3.05) is 0 Å². The first-order valence-corrected chi connectivity index (χ1v) is 7.98. The topological polar surface area (TPSA) is 56.3 Å². The highest BCUT2D eigenvalue weighted by Gasteiger charge is 2.26. The summed E-state index contributed by atoms with van der Waals surface area (Å²) in [5.41, 5.74) is 1.35. The van der Waals surface area contributed by atoms with Crippen LogP contribution in [0, 0.1) is 0 Å². The molecule has 3 rings (SSSR count). The monoisotopic (exact) mass is 351 g/mol. The molecule has 1 atom stereocenters. The number of hydrogen-bond acceptors (Lipinski definition) is 4. The molecule has 0 saturated carbocycles. The van der Waals surface area contributed by atoms with E-state index in [0.29, 0.717) is 21.7 Å². The standard InChI is InChI=1S/C20H14ClNO3/c21-17-8-6-15(7-9-17)19(18(23)14-4-2-1-3-5-14)25-20(24)16-10-12-22-13-11-16/h1-13,19H/t19-/m1/s1. The largest absolute Gasteiger partial charge is 0.445 e. The van der Waals surface area contributed by atoms with E-state index in [9.17, 15) is 9.59 Å². The van der Waals surface area contributed by atoms with E-state index in [1.165, 1.54) is 24.5 Å². The Balaban J connectivity index is 1.93. The zero-order chi connectivity index (χ0) is 17.6. The van der Waals surface area contributed by atoms with E-state index >= 15 is 0 Å². The Morgan fingerprint density at radius 3 is 2.12 bits per heavy atom.